The number of anilines is 1. The van der Waals surface area contributed by atoms with Gasteiger partial charge in [0.2, 0.25) is 5.91 Å². The van der Waals surface area contributed by atoms with E-state index in [1.54, 1.807) is 30.1 Å². The fourth-order valence-corrected chi connectivity index (χ4v) is 1.68. The predicted octanol–water partition coefficient (Wildman–Crippen LogP) is 2.13. The summed E-state index contributed by atoms with van der Waals surface area (Å²) in [6.45, 7) is 2.59. The van der Waals surface area contributed by atoms with E-state index < -0.39 is 0 Å². The third kappa shape index (κ3) is 2.88. The number of nitrogens with zero attached hydrogens (tertiary/aromatic N) is 1. The van der Waals surface area contributed by atoms with Crippen LogP contribution in [0.5, 0.6) is 0 Å². The first-order valence-corrected chi connectivity index (χ1v) is 6.28. The molecule has 1 aromatic rings. The lowest BCUT2D eigenvalue weighted by Gasteiger charge is -2.15. The Morgan fingerprint density at radius 2 is 2.11 bits per heavy atom. The Morgan fingerprint density at radius 1 is 1.39 bits per heavy atom. The second kappa shape index (κ2) is 5.21. The number of carbonyl (C=O) groups is 2. The van der Waals surface area contributed by atoms with Gasteiger partial charge in [-0.15, -0.1) is 0 Å². The molecule has 2 amide bonds. The van der Waals surface area contributed by atoms with Crippen LogP contribution in [0.3, 0.4) is 0 Å². The summed E-state index contributed by atoms with van der Waals surface area (Å²) in [5.41, 5.74) is 1.30. The standard InChI is InChI=1S/C14H18N2O2/c1-3-16(2)14(18)11-5-4-6-12(9-11)15-13(17)10-7-8-10/h4-6,9-10H,3,7-8H2,1-2H3,(H,15,17). The van der Waals surface area contributed by atoms with Crippen molar-refractivity contribution in [2.45, 2.75) is 19.8 Å². The number of benzene rings is 1. The van der Waals surface area contributed by atoms with Gasteiger partial charge >= 0.3 is 0 Å². The summed E-state index contributed by atoms with van der Waals surface area (Å²) in [5, 5.41) is 2.85. The van der Waals surface area contributed by atoms with E-state index >= 15 is 0 Å². The molecule has 0 heterocycles. The number of rotatable bonds is 4. The second-order valence-electron chi connectivity index (χ2n) is 4.66. The highest BCUT2D eigenvalue weighted by molar-refractivity contribution is 5.98. The summed E-state index contributed by atoms with van der Waals surface area (Å²) in [4.78, 5) is 25.3. The summed E-state index contributed by atoms with van der Waals surface area (Å²) in [5.74, 6) is 0.200. The van der Waals surface area contributed by atoms with E-state index in [2.05, 4.69) is 5.32 Å². The molecule has 0 atom stereocenters. The average molecular weight is 246 g/mol. The lowest BCUT2D eigenvalue weighted by atomic mass is 10.1. The average Bonchev–Trinajstić information content (AvgIpc) is 3.21. The molecule has 96 valence electrons. The molecule has 1 saturated carbocycles. The molecule has 0 unspecified atom stereocenters. The van der Waals surface area contributed by atoms with Crippen molar-refractivity contribution in [1.29, 1.82) is 0 Å². The topological polar surface area (TPSA) is 49.4 Å². The van der Waals surface area contributed by atoms with Gasteiger partial charge in [0, 0.05) is 30.8 Å². The number of carbonyl (C=O) groups excluding carboxylic acids is 2. The summed E-state index contributed by atoms with van der Waals surface area (Å²) < 4.78 is 0. The van der Waals surface area contributed by atoms with Crippen LogP contribution in [0, 0.1) is 5.92 Å². The quantitative estimate of drug-likeness (QED) is 0.884. The van der Waals surface area contributed by atoms with Gasteiger partial charge < -0.3 is 10.2 Å². The van der Waals surface area contributed by atoms with E-state index in [-0.39, 0.29) is 17.7 Å². The maximum atomic E-state index is 12.0. The van der Waals surface area contributed by atoms with Crippen LogP contribution >= 0.6 is 0 Å². The van der Waals surface area contributed by atoms with Gasteiger partial charge in [-0.25, -0.2) is 0 Å². The molecule has 1 fully saturated rings. The summed E-state index contributed by atoms with van der Waals surface area (Å²) in [6.07, 6.45) is 1.95. The first-order valence-electron chi connectivity index (χ1n) is 6.28. The molecule has 1 aliphatic rings. The molecule has 0 spiro atoms. The van der Waals surface area contributed by atoms with E-state index in [0.717, 1.165) is 12.8 Å². The zero-order valence-corrected chi connectivity index (χ0v) is 10.8. The predicted molar refractivity (Wildman–Crippen MR) is 70.4 cm³/mol. The molecule has 4 heteroatoms. The van der Waals surface area contributed by atoms with Gasteiger partial charge in [0.05, 0.1) is 0 Å². The third-order valence-corrected chi connectivity index (χ3v) is 3.15. The van der Waals surface area contributed by atoms with E-state index in [1.807, 2.05) is 13.0 Å². The Labute approximate surface area is 107 Å². The molecule has 1 N–H and O–H groups in total. The van der Waals surface area contributed by atoms with E-state index in [1.165, 1.54) is 0 Å². The summed E-state index contributed by atoms with van der Waals surface area (Å²) in [7, 11) is 1.76. The Balaban J connectivity index is 2.09. The van der Waals surface area contributed by atoms with Crippen molar-refractivity contribution < 1.29 is 9.59 Å². The van der Waals surface area contributed by atoms with Crippen molar-refractivity contribution >= 4 is 17.5 Å². The van der Waals surface area contributed by atoms with Gasteiger partial charge in [-0.2, -0.15) is 0 Å². The van der Waals surface area contributed by atoms with Crippen LogP contribution in [0.4, 0.5) is 5.69 Å². The maximum absolute atomic E-state index is 12.0. The Hall–Kier alpha value is -1.84. The molecule has 4 nitrogen and oxygen atoms in total. The van der Waals surface area contributed by atoms with Crippen LogP contribution < -0.4 is 5.32 Å². The smallest absolute Gasteiger partial charge is 0.253 e. The maximum Gasteiger partial charge on any atom is 0.253 e. The Morgan fingerprint density at radius 3 is 2.72 bits per heavy atom. The molecule has 2 rings (SSSR count). The largest absolute Gasteiger partial charge is 0.342 e. The Kier molecular flexibility index (Phi) is 3.65. The lowest BCUT2D eigenvalue weighted by Crippen LogP contribution is -2.26. The highest BCUT2D eigenvalue weighted by Crippen LogP contribution is 2.30. The first-order chi connectivity index (χ1) is 8.61. The van der Waals surface area contributed by atoms with Crippen LogP contribution in [-0.4, -0.2) is 30.3 Å². The molecule has 0 saturated heterocycles. The minimum atomic E-state index is -0.0278. The monoisotopic (exact) mass is 246 g/mol. The summed E-state index contributed by atoms with van der Waals surface area (Å²) >= 11 is 0. The Bertz CT molecular complexity index is 467. The van der Waals surface area contributed by atoms with Crippen LogP contribution in [0.25, 0.3) is 0 Å². The lowest BCUT2D eigenvalue weighted by molar-refractivity contribution is -0.117. The highest BCUT2D eigenvalue weighted by atomic mass is 16.2. The molecule has 0 aliphatic heterocycles. The fraction of sp³-hybridized carbons (Fsp3) is 0.429. The number of nitrogens with one attached hydrogen (secondary N) is 1. The molecule has 1 aromatic carbocycles. The number of hydrogen-bond acceptors (Lipinski definition) is 2. The molecule has 0 radical (unpaired) electrons. The summed E-state index contributed by atoms with van der Waals surface area (Å²) in [6, 6.07) is 7.10. The van der Waals surface area contributed by atoms with Crippen LogP contribution in [0.2, 0.25) is 0 Å². The molecule has 0 bridgehead atoms. The van der Waals surface area contributed by atoms with E-state index in [4.69, 9.17) is 0 Å². The highest BCUT2D eigenvalue weighted by Gasteiger charge is 2.29. The van der Waals surface area contributed by atoms with Crippen molar-refractivity contribution in [3.8, 4) is 0 Å². The number of amides is 2. The van der Waals surface area contributed by atoms with Gasteiger partial charge in [0.15, 0.2) is 0 Å². The molecule has 0 aromatic heterocycles. The third-order valence-electron chi connectivity index (χ3n) is 3.15. The van der Waals surface area contributed by atoms with Gasteiger partial charge in [-0.3, -0.25) is 9.59 Å². The van der Waals surface area contributed by atoms with Gasteiger partial charge in [-0.1, -0.05) is 6.07 Å². The van der Waals surface area contributed by atoms with Crippen molar-refractivity contribution in [2.75, 3.05) is 18.9 Å². The zero-order valence-electron chi connectivity index (χ0n) is 10.8. The second-order valence-corrected chi connectivity index (χ2v) is 4.66. The molecule has 1 aliphatic carbocycles. The SMILES string of the molecule is CCN(C)C(=O)c1cccc(NC(=O)C2CC2)c1. The normalized spacial score (nSPS) is 14.1. The van der Waals surface area contributed by atoms with Crippen molar-refractivity contribution in [2.24, 2.45) is 5.92 Å². The van der Waals surface area contributed by atoms with E-state index in [0.29, 0.717) is 17.8 Å². The van der Waals surface area contributed by atoms with Crippen LogP contribution in [-0.2, 0) is 4.79 Å². The minimum absolute atomic E-state index is 0.0278. The van der Waals surface area contributed by atoms with Crippen molar-refractivity contribution in [1.82, 2.24) is 4.90 Å². The number of hydrogen-bond donors (Lipinski definition) is 1. The van der Waals surface area contributed by atoms with Crippen molar-refractivity contribution in [3.05, 3.63) is 29.8 Å². The fourth-order valence-electron chi connectivity index (χ4n) is 1.68. The molecule has 18 heavy (non-hydrogen) atoms. The van der Waals surface area contributed by atoms with E-state index in [9.17, 15) is 9.59 Å². The zero-order chi connectivity index (χ0) is 13.1. The van der Waals surface area contributed by atoms with Crippen molar-refractivity contribution in [3.63, 3.8) is 0 Å². The van der Waals surface area contributed by atoms with Gasteiger partial charge in [0.25, 0.3) is 5.91 Å². The molecular formula is C14H18N2O2. The van der Waals surface area contributed by atoms with Crippen LogP contribution in [0.15, 0.2) is 24.3 Å². The first kappa shape index (κ1) is 12.6. The molecular weight excluding hydrogens is 228 g/mol. The van der Waals surface area contributed by atoms with Gasteiger partial charge in [0.1, 0.15) is 0 Å². The minimum Gasteiger partial charge on any atom is -0.342 e. The van der Waals surface area contributed by atoms with Crippen LogP contribution in [0.1, 0.15) is 30.1 Å². The van der Waals surface area contributed by atoms with Gasteiger partial charge in [-0.05, 0) is 38.0 Å².